The molecule has 0 amide bonds. The van der Waals surface area contributed by atoms with E-state index in [1.165, 1.54) is 69.8 Å². The number of ether oxygens (including phenoxy) is 1. The molecule has 0 spiro atoms. The molecule has 0 aromatic heterocycles. The molecule has 2 fully saturated rings. The second-order valence-electron chi connectivity index (χ2n) is 8.26. The van der Waals surface area contributed by atoms with Gasteiger partial charge in [-0.3, -0.25) is 0 Å². The summed E-state index contributed by atoms with van der Waals surface area (Å²) in [5, 5.41) is 0. The predicted molar refractivity (Wildman–Crippen MR) is 119 cm³/mol. The third kappa shape index (κ3) is 7.82. The summed E-state index contributed by atoms with van der Waals surface area (Å²) < 4.78 is 5.87. The van der Waals surface area contributed by atoms with Crippen molar-refractivity contribution in [2.45, 2.75) is 96.8 Å². The van der Waals surface area contributed by atoms with Gasteiger partial charge in [-0.15, -0.1) is 0 Å². The third-order valence-electron chi connectivity index (χ3n) is 6.26. The molecule has 0 aliphatic heterocycles. The van der Waals surface area contributed by atoms with Gasteiger partial charge in [0.25, 0.3) is 0 Å². The Hall–Kier alpha value is -1.08. The Morgan fingerprint density at radius 2 is 1.48 bits per heavy atom. The molecule has 0 heterocycles. The molecule has 1 aromatic rings. The van der Waals surface area contributed by atoms with Crippen LogP contribution in [-0.4, -0.2) is 13.2 Å². The molecule has 1 unspecified atom stereocenters. The maximum atomic E-state index is 5.87. The van der Waals surface area contributed by atoms with Crippen molar-refractivity contribution in [1.29, 1.82) is 0 Å². The molecule has 2 aliphatic carbocycles. The topological polar surface area (TPSA) is 9.23 Å². The molecule has 1 aromatic carbocycles. The Balaban J connectivity index is 0.00000126. The highest BCUT2D eigenvalue weighted by molar-refractivity contribution is 5.29. The molecule has 0 radical (unpaired) electrons. The minimum Gasteiger partial charge on any atom is -0.377 e. The Morgan fingerprint density at radius 3 is 2.11 bits per heavy atom. The fraction of sp³-hybridized carbons (Fsp3) is 0.692. The van der Waals surface area contributed by atoms with E-state index in [1.807, 2.05) is 13.8 Å². The average molecular weight is 371 g/mol. The first kappa shape index (κ1) is 22.2. The lowest BCUT2D eigenvalue weighted by Gasteiger charge is -2.22. The van der Waals surface area contributed by atoms with Crippen LogP contribution in [0.15, 0.2) is 36.4 Å². The van der Waals surface area contributed by atoms with Gasteiger partial charge in [0.05, 0.1) is 6.61 Å². The molecular formula is C26H42O. The van der Waals surface area contributed by atoms with Crippen molar-refractivity contribution in [2.24, 2.45) is 5.92 Å². The fourth-order valence-corrected chi connectivity index (χ4v) is 4.54. The predicted octanol–water partition coefficient (Wildman–Crippen LogP) is 8.02. The number of allylic oxidation sites excluding steroid dienone is 1. The third-order valence-corrected chi connectivity index (χ3v) is 6.26. The van der Waals surface area contributed by atoms with Crippen LogP contribution < -0.4 is 0 Å². The average Bonchev–Trinajstić information content (AvgIpc) is 2.76. The van der Waals surface area contributed by atoms with Crippen molar-refractivity contribution >= 4 is 0 Å². The van der Waals surface area contributed by atoms with Gasteiger partial charge in [-0.25, -0.2) is 0 Å². The zero-order chi connectivity index (χ0) is 19.3. The standard InChI is InChI=1S/C24H36O.C2H6/c1-20(9-8-18-25-19-21-10-4-2-5-11-21)22-14-16-24(17-15-22)23-12-6-3-7-13-23;1-2/h8-9,14-17,20-21,23H,2-7,10-13,18-19H2,1H3;1-2H3/b9-8-;. The number of hydrogen-bond acceptors (Lipinski definition) is 1. The summed E-state index contributed by atoms with van der Waals surface area (Å²) in [6, 6.07) is 9.41. The second kappa shape index (κ2) is 13.2. The molecule has 1 heteroatoms. The van der Waals surface area contributed by atoms with Gasteiger partial charge in [0.2, 0.25) is 0 Å². The normalized spacial score (nSPS) is 20.3. The van der Waals surface area contributed by atoms with Gasteiger partial charge >= 0.3 is 0 Å². The van der Waals surface area contributed by atoms with Crippen LogP contribution in [-0.2, 0) is 4.74 Å². The summed E-state index contributed by atoms with van der Waals surface area (Å²) in [4.78, 5) is 0. The largest absolute Gasteiger partial charge is 0.377 e. The number of rotatable bonds is 7. The van der Waals surface area contributed by atoms with Crippen molar-refractivity contribution in [3.05, 3.63) is 47.5 Å². The Kier molecular flexibility index (Phi) is 10.8. The lowest BCUT2D eigenvalue weighted by Crippen LogP contribution is -2.13. The summed E-state index contributed by atoms with van der Waals surface area (Å²) in [6.07, 6.45) is 18.5. The van der Waals surface area contributed by atoms with E-state index in [9.17, 15) is 0 Å². The van der Waals surface area contributed by atoms with Crippen LogP contribution in [0.4, 0.5) is 0 Å². The Morgan fingerprint density at radius 1 is 0.889 bits per heavy atom. The zero-order valence-electron chi connectivity index (χ0n) is 18.1. The Bertz CT molecular complexity index is 504. The minimum absolute atomic E-state index is 0.471. The molecule has 1 atom stereocenters. The van der Waals surface area contributed by atoms with E-state index in [0.717, 1.165) is 25.0 Å². The van der Waals surface area contributed by atoms with Crippen molar-refractivity contribution in [1.82, 2.24) is 0 Å². The summed E-state index contributed by atoms with van der Waals surface area (Å²) in [5.74, 6) is 2.09. The summed E-state index contributed by atoms with van der Waals surface area (Å²) in [5.41, 5.74) is 2.97. The summed E-state index contributed by atoms with van der Waals surface area (Å²) in [7, 11) is 0. The van der Waals surface area contributed by atoms with Crippen LogP contribution in [0.25, 0.3) is 0 Å². The first-order chi connectivity index (χ1) is 13.3. The van der Waals surface area contributed by atoms with E-state index in [0.29, 0.717) is 5.92 Å². The molecule has 0 bridgehead atoms. The van der Waals surface area contributed by atoms with Gasteiger partial charge in [-0.1, -0.05) is 95.7 Å². The number of benzene rings is 1. The molecule has 0 saturated heterocycles. The van der Waals surface area contributed by atoms with Gasteiger partial charge in [0.1, 0.15) is 0 Å². The van der Waals surface area contributed by atoms with Crippen molar-refractivity contribution in [3.8, 4) is 0 Å². The molecule has 152 valence electrons. The van der Waals surface area contributed by atoms with E-state index in [4.69, 9.17) is 4.74 Å². The highest BCUT2D eigenvalue weighted by Gasteiger charge is 2.15. The van der Waals surface area contributed by atoms with E-state index in [2.05, 4.69) is 43.3 Å². The van der Waals surface area contributed by atoms with Gasteiger partial charge in [-0.05, 0) is 54.6 Å². The van der Waals surface area contributed by atoms with Crippen molar-refractivity contribution in [3.63, 3.8) is 0 Å². The molecule has 2 aliphatic rings. The maximum absolute atomic E-state index is 5.87. The number of hydrogen-bond donors (Lipinski definition) is 0. The summed E-state index contributed by atoms with van der Waals surface area (Å²) >= 11 is 0. The van der Waals surface area contributed by atoms with Crippen molar-refractivity contribution < 1.29 is 4.74 Å². The monoisotopic (exact) mass is 370 g/mol. The molecule has 2 saturated carbocycles. The maximum Gasteiger partial charge on any atom is 0.0647 e. The van der Waals surface area contributed by atoms with Crippen LogP contribution in [0.2, 0.25) is 0 Å². The van der Waals surface area contributed by atoms with Crippen LogP contribution in [0.3, 0.4) is 0 Å². The smallest absolute Gasteiger partial charge is 0.0647 e. The summed E-state index contributed by atoms with van der Waals surface area (Å²) in [6.45, 7) is 8.00. The van der Waals surface area contributed by atoms with Gasteiger partial charge in [-0.2, -0.15) is 0 Å². The minimum atomic E-state index is 0.471. The first-order valence-corrected chi connectivity index (χ1v) is 11.7. The lowest BCUT2D eigenvalue weighted by molar-refractivity contribution is 0.105. The van der Waals surface area contributed by atoms with E-state index in [-0.39, 0.29) is 0 Å². The highest BCUT2D eigenvalue weighted by atomic mass is 16.5. The van der Waals surface area contributed by atoms with Gasteiger partial charge in [0, 0.05) is 6.61 Å². The fourth-order valence-electron chi connectivity index (χ4n) is 4.54. The molecule has 0 N–H and O–H groups in total. The zero-order valence-corrected chi connectivity index (χ0v) is 18.1. The van der Waals surface area contributed by atoms with E-state index in [1.54, 1.807) is 5.56 Å². The van der Waals surface area contributed by atoms with E-state index < -0.39 is 0 Å². The highest BCUT2D eigenvalue weighted by Crippen LogP contribution is 2.33. The Labute approximate surface area is 168 Å². The first-order valence-electron chi connectivity index (χ1n) is 11.7. The molecule has 1 nitrogen and oxygen atoms in total. The van der Waals surface area contributed by atoms with Crippen molar-refractivity contribution in [2.75, 3.05) is 13.2 Å². The second-order valence-corrected chi connectivity index (χ2v) is 8.26. The van der Waals surface area contributed by atoms with Crippen LogP contribution in [0, 0.1) is 5.92 Å². The quantitative estimate of drug-likeness (QED) is 0.349. The van der Waals surface area contributed by atoms with Crippen LogP contribution in [0.1, 0.15) is 108 Å². The lowest BCUT2D eigenvalue weighted by atomic mass is 9.83. The van der Waals surface area contributed by atoms with E-state index >= 15 is 0 Å². The molecular weight excluding hydrogens is 328 g/mol. The van der Waals surface area contributed by atoms with Crippen LogP contribution >= 0.6 is 0 Å². The SMILES string of the molecule is CC.CC(/C=C\COCC1CCCCC1)c1ccc(C2CCCCC2)cc1. The van der Waals surface area contributed by atoms with Gasteiger partial charge < -0.3 is 4.74 Å². The van der Waals surface area contributed by atoms with Gasteiger partial charge in [0.15, 0.2) is 0 Å². The molecule has 3 rings (SSSR count). The van der Waals surface area contributed by atoms with Crippen LogP contribution in [0.5, 0.6) is 0 Å². The molecule has 27 heavy (non-hydrogen) atoms.